The number of benzene rings is 3. The van der Waals surface area contributed by atoms with Gasteiger partial charge in [-0.3, -0.25) is 19.2 Å². The van der Waals surface area contributed by atoms with Crippen LogP contribution in [0.15, 0.2) is 66.7 Å². The van der Waals surface area contributed by atoms with E-state index in [1.165, 1.54) is 26.2 Å². The second-order valence-electron chi connectivity index (χ2n) is 11.7. The van der Waals surface area contributed by atoms with Crippen LogP contribution in [0, 0.1) is 0 Å². The molecule has 5 rings (SSSR count). The van der Waals surface area contributed by atoms with E-state index >= 15 is 0 Å². The fraction of sp³-hybridized carbons (Fsp3) is 0.351. The zero-order chi connectivity index (χ0) is 39.1. The van der Waals surface area contributed by atoms with E-state index in [-0.39, 0.29) is 43.4 Å². The molecule has 16 heteroatoms. The fourth-order valence-corrected chi connectivity index (χ4v) is 5.55. The van der Waals surface area contributed by atoms with Crippen molar-refractivity contribution in [1.29, 1.82) is 0 Å². The molecule has 3 aromatic rings. The number of aliphatic hydroxyl groups excluding tert-OH is 1. The number of esters is 2. The van der Waals surface area contributed by atoms with Crippen LogP contribution in [-0.2, 0) is 49.5 Å². The summed E-state index contributed by atoms with van der Waals surface area (Å²) in [5, 5.41) is 29.6. The van der Waals surface area contributed by atoms with Crippen molar-refractivity contribution in [1.82, 2.24) is 5.32 Å². The number of carbonyl (C=O) groups excluding carboxylic acids is 4. The summed E-state index contributed by atoms with van der Waals surface area (Å²) >= 11 is 0. The first-order valence-corrected chi connectivity index (χ1v) is 16.3. The number of ether oxygens (including phenoxy) is 5. The number of nitrogens with one attached hydrogen (secondary N) is 2. The highest BCUT2D eigenvalue weighted by Gasteiger charge is 2.37. The van der Waals surface area contributed by atoms with Gasteiger partial charge in [0.1, 0.15) is 25.0 Å². The molecular formula is C37H42N2O14. The van der Waals surface area contributed by atoms with Gasteiger partial charge in [0.15, 0.2) is 6.10 Å². The highest BCUT2D eigenvalue weighted by atomic mass is 16.7. The molecule has 53 heavy (non-hydrogen) atoms. The molecule has 0 spiro atoms. The molecule has 3 aromatic carbocycles. The number of anilines is 1. The van der Waals surface area contributed by atoms with Gasteiger partial charge in [0, 0.05) is 39.5 Å². The number of methoxy groups -OCH3 is 1. The molecular weight excluding hydrogens is 696 g/mol. The Balaban J connectivity index is 0.000000859. The SMILES string of the molecule is CC(=O)O.CC(=O)O.COC(=O)C1CC(OC(C)=O)CC(Oc2ccc(CO)cc2NC(=O)CNC(=O)OCC2c3ccccc3-c3ccccc32)O1. The van der Waals surface area contributed by atoms with Crippen molar-refractivity contribution in [2.45, 2.75) is 64.6 Å². The van der Waals surface area contributed by atoms with Crippen molar-refractivity contribution in [2.24, 2.45) is 0 Å². The van der Waals surface area contributed by atoms with Gasteiger partial charge in [-0.2, -0.15) is 0 Å². The molecule has 2 amide bonds. The van der Waals surface area contributed by atoms with Gasteiger partial charge in [-0.1, -0.05) is 54.6 Å². The lowest BCUT2D eigenvalue weighted by Gasteiger charge is -2.33. The van der Waals surface area contributed by atoms with E-state index in [2.05, 4.69) is 10.6 Å². The Morgan fingerprint density at radius 3 is 1.98 bits per heavy atom. The summed E-state index contributed by atoms with van der Waals surface area (Å²) in [6.07, 6.45) is -3.27. The second-order valence-corrected chi connectivity index (χ2v) is 11.7. The molecule has 2 aliphatic rings. The van der Waals surface area contributed by atoms with Crippen LogP contribution in [0.1, 0.15) is 56.2 Å². The highest BCUT2D eigenvalue weighted by molar-refractivity contribution is 5.95. The monoisotopic (exact) mass is 738 g/mol. The summed E-state index contributed by atoms with van der Waals surface area (Å²) in [6, 6.07) is 20.6. The van der Waals surface area contributed by atoms with Gasteiger partial charge in [-0.25, -0.2) is 9.59 Å². The minimum absolute atomic E-state index is 0.0975. The Bertz CT molecular complexity index is 1710. The smallest absolute Gasteiger partial charge is 0.407 e. The Labute approximate surface area is 304 Å². The molecule has 3 atom stereocenters. The number of amides is 2. The van der Waals surface area contributed by atoms with Crippen molar-refractivity contribution in [3.8, 4) is 16.9 Å². The highest BCUT2D eigenvalue weighted by Crippen LogP contribution is 2.44. The third-order valence-corrected chi connectivity index (χ3v) is 7.54. The molecule has 1 aliphatic heterocycles. The maximum Gasteiger partial charge on any atom is 0.407 e. The van der Waals surface area contributed by atoms with E-state index in [9.17, 15) is 24.3 Å². The van der Waals surface area contributed by atoms with Crippen LogP contribution in [0.3, 0.4) is 0 Å². The number of alkyl carbamates (subject to hydrolysis) is 1. The lowest BCUT2D eigenvalue weighted by molar-refractivity contribution is -0.204. The number of hydrogen-bond acceptors (Lipinski definition) is 12. The molecule has 1 fully saturated rings. The van der Waals surface area contributed by atoms with Gasteiger partial charge in [-0.05, 0) is 39.9 Å². The number of carboxylic acids is 2. The van der Waals surface area contributed by atoms with Crippen LogP contribution >= 0.6 is 0 Å². The first kappa shape index (κ1) is 41.4. The molecule has 5 N–H and O–H groups in total. The summed E-state index contributed by atoms with van der Waals surface area (Å²) in [5.41, 5.74) is 5.02. The van der Waals surface area contributed by atoms with E-state index in [1.807, 2.05) is 48.5 Å². The lowest BCUT2D eigenvalue weighted by atomic mass is 9.98. The van der Waals surface area contributed by atoms with E-state index in [4.69, 9.17) is 43.5 Å². The van der Waals surface area contributed by atoms with E-state index in [0.29, 0.717) is 5.56 Å². The minimum Gasteiger partial charge on any atom is -0.481 e. The molecule has 0 saturated carbocycles. The van der Waals surface area contributed by atoms with Crippen LogP contribution < -0.4 is 15.4 Å². The largest absolute Gasteiger partial charge is 0.481 e. The first-order valence-electron chi connectivity index (χ1n) is 16.3. The molecule has 1 heterocycles. The second kappa shape index (κ2) is 20.1. The fourth-order valence-electron chi connectivity index (χ4n) is 5.55. The molecule has 284 valence electrons. The van der Waals surface area contributed by atoms with Gasteiger partial charge in [-0.15, -0.1) is 0 Å². The van der Waals surface area contributed by atoms with Crippen molar-refractivity contribution < 1.29 is 67.8 Å². The minimum atomic E-state index is -1.03. The third kappa shape index (κ3) is 12.9. The summed E-state index contributed by atoms with van der Waals surface area (Å²) < 4.78 is 27.3. The quantitative estimate of drug-likeness (QED) is 0.147. The number of fused-ring (bicyclic) bond motifs is 3. The van der Waals surface area contributed by atoms with Crippen LogP contribution in [0.2, 0.25) is 0 Å². The maximum absolute atomic E-state index is 12.9. The Morgan fingerprint density at radius 1 is 0.849 bits per heavy atom. The number of carboxylic acid groups (broad SMARTS) is 2. The summed E-state index contributed by atoms with van der Waals surface area (Å²) in [4.78, 5) is 67.2. The van der Waals surface area contributed by atoms with Crippen molar-refractivity contribution >= 4 is 41.6 Å². The van der Waals surface area contributed by atoms with Gasteiger partial charge < -0.3 is 49.6 Å². The van der Waals surface area contributed by atoms with Crippen LogP contribution in [0.4, 0.5) is 10.5 Å². The van der Waals surface area contributed by atoms with Crippen LogP contribution in [0.25, 0.3) is 11.1 Å². The van der Waals surface area contributed by atoms with Gasteiger partial charge in [0.25, 0.3) is 11.9 Å². The molecule has 0 bridgehead atoms. The number of aliphatic hydroxyl groups is 1. The molecule has 3 unspecified atom stereocenters. The zero-order valence-corrected chi connectivity index (χ0v) is 29.5. The summed E-state index contributed by atoms with van der Waals surface area (Å²) in [7, 11) is 1.22. The maximum atomic E-state index is 12.9. The van der Waals surface area contributed by atoms with Crippen molar-refractivity contribution in [2.75, 3.05) is 25.6 Å². The zero-order valence-electron chi connectivity index (χ0n) is 29.5. The molecule has 0 radical (unpaired) electrons. The normalized spacial score (nSPS) is 16.7. The molecule has 0 aromatic heterocycles. The van der Waals surface area contributed by atoms with Crippen molar-refractivity contribution in [3.63, 3.8) is 0 Å². The lowest BCUT2D eigenvalue weighted by Crippen LogP contribution is -2.44. The number of carbonyl (C=O) groups is 6. The Hall–Kier alpha value is -6.00. The standard InChI is InChI=1S/C33H34N2O10.2C2H4O2/c1-19(37)43-21-14-29(32(39)41-2)45-31(15-21)44-28-12-11-20(17-36)13-27(28)35-30(38)16-34-33(40)42-18-26-24-9-5-3-7-22(24)23-8-4-6-10-25(23)26;2*1-2(3)4/h3-13,21,26,29,31,36H,14-18H2,1-2H3,(H,34,40)(H,35,38);2*1H3,(H,3,4). The van der Waals surface area contributed by atoms with Gasteiger partial charge in [0.2, 0.25) is 12.2 Å². The average molecular weight is 739 g/mol. The third-order valence-electron chi connectivity index (χ3n) is 7.54. The summed E-state index contributed by atoms with van der Waals surface area (Å²) in [6.45, 7) is 2.81. The van der Waals surface area contributed by atoms with Crippen LogP contribution in [0.5, 0.6) is 5.75 Å². The predicted molar refractivity (Wildman–Crippen MR) is 187 cm³/mol. The molecule has 16 nitrogen and oxygen atoms in total. The van der Waals surface area contributed by atoms with E-state index < -0.39 is 60.9 Å². The molecule has 1 aliphatic carbocycles. The summed E-state index contributed by atoms with van der Waals surface area (Å²) in [5.74, 6) is -3.38. The first-order chi connectivity index (χ1) is 25.2. The number of hydrogen-bond donors (Lipinski definition) is 5. The van der Waals surface area contributed by atoms with E-state index in [0.717, 1.165) is 36.1 Å². The number of rotatable bonds is 10. The molecule has 1 saturated heterocycles. The topological polar surface area (TPSA) is 233 Å². The van der Waals surface area contributed by atoms with Crippen molar-refractivity contribution in [3.05, 3.63) is 83.4 Å². The Kier molecular flexibility index (Phi) is 15.7. The average Bonchev–Trinajstić information content (AvgIpc) is 3.42. The number of aliphatic carboxylic acids is 2. The van der Waals surface area contributed by atoms with Gasteiger partial charge in [0.05, 0.1) is 19.4 Å². The predicted octanol–water partition coefficient (Wildman–Crippen LogP) is 3.83. The van der Waals surface area contributed by atoms with E-state index in [1.54, 1.807) is 6.07 Å². The van der Waals surface area contributed by atoms with Gasteiger partial charge >= 0.3 is 18.0 Å². The van der Waals surface area contributed by atoms with Crippen LogP contribution in [-0.4, -0.2) is 90.0 Å². The Morgan fingerprint density at radius 2 is 1.43 bits per heavy atom.